The molecule has 0 spiro atoms. The zero-order valence-corrected chi connectivity index (χ0v) is 14.7. The fraction of sp³-hybridized carbons (Fsp3) is 0.381. The number of carbonyl (C=O) groups excluding carboxylic acids is 1. The van der Waals surface area contributed by atoms with Gasteiger partial charge in [0, 0.05) is 31.8 Å². The molecule has 132 valence electrons. The van der Waals surface area contributed by atoms with Crippen LogP contribution in [-0.2, 0) is 24.2 Å². The van der Waals surface area contributed by atoms with Gasteiger partial charge in [0.25, 0.3) is 0 Å². The standard InChI is InChI=1S/C21H22N4O/c26-21(22-10-9-20-24-23-19-6-3-11-25(19)20)18-13-17(18)16-8-7-14-4-1-2-5-15(14)12-16/h1-2,4-5,7-8,12,17-18H,3,6,9-11,13H2,(H,22,26). The summed E-state index contributed by atoms with van der Waals surface area (Å²) in [6.07, 6.45) is 3.88. The molecule has 1 saturated carbocycles. The van der Waals surface area contributed by atoms with Crippen molar-refractivity contribution in [3.05, 3.63) is 59.7 Å². The van der Waals surface area contributed by atoms with Crippen molar-refractivity contribution in [1.29, 1.82) is 0 Å². The summed E-state index contributed by atoms with van der Waals surface area (Å²) in [4.78, 5) is 12.5. The molecular weight excluding hydrogens is 324 g/mol. The second kappa shape index (κ2) is 6.24. The Morgan fingerprint density at radius 2 is 2.04 bits per heavy atom. The van der Waals surface area contributed by atoms with Crippen molar-refractivity contribution < 1.29 is 4.79 Å². The average Bonchev–Trinajstić information content (AvgIpc) is 3.18. The first kappa shape index (κ1) is 15.6. The van der Waals surface area contributed by atoms with Gasteiger partial charge in [-0.2, -0.15) is 0 Å². The Balaban J connectivity index is 1.18. The van der Waals surface area contributed by atoms with E-state index in [1.54, 1.807) is 0 Å². The fourth-order valence-corrected chi connectivity index (χ4v) is 4.12. The second-order valence-corrected chi connectivity index (χ2v) is 7.38. The fourth-order valence-electron chi connectivity index (χ4n) is 4.12. The summed E-state index contributed by atoms with van der Waals surface area (Å²) in [7, 11) is 0. The number of fused-ring (bicyclic) bond motifs is 2. The van der Waals surface area contributed by atoms with E-state index in [1.807, 2.05) is 0 Å². The van der Waals surface area contributed by atoms with Crippen molar-refractivity contribution in [2.24, 2.45) is 5.92 Å². The van der Waals surface area contributed by atoms with Gasteiger partial charge in [-0.1, -0.05) is 42.5 Å². The highest BCUT2D eigenvalue weighted by Crippen LogP contribution is 2.48. The number of rotatable bonds is 5. The van der Waals surface area contributed by atoms with Gasteiger partial charge in [0.05, 0.1) is 0 Å². The van der Waals surface area contributed by atoms with E-state index >= 15 is 0 Å². The van der Waals surface area contributed by atoms with Crippen LogP contribution in [0.15, 0.2) is 42.5 Å². The summed E-state index contributed by atoms with van der Waals surface area (Å²) in [6, 6.07) is 14.9. The molecule has 1 aromatic heterocycles. The number of aromatic nitrogens is 3. The molecule has 5 rings (SSSR count). The minimum absolute atomic E-state index is 0.111. The van der Waals surface area contributed by atoms with E-state index in [1.165, 1.54) is 16.3 Å². The van der Waals surface area contributed by atoms with Crippen molar-refractivity contribution in [2.75, 3.05) is 6.54 Å². The molecular formula is C21H22N4O. The highest BCUT2D eigenvalue weighted by molar-refractivity contribution is 5.85. The van der Waals surface area contributed by atoms with Gasteiger partial charge in [-0.25, -0.2) is 0 Å². The molecule has 1 aliphatic heterocycles. The number of benzene rings is 2. The van der Waals surface area contributed by atoms with Crippen LogP contribution in [0.3, 0.4) is 0 Å². The third-order valence-electron chi connectivity index (χ3n) is 5.66. The van der Waals surface area contributed by atoms with E-state index in [0.717, 1.165) is 43.9 Å². The smallest absolute Gasteiger partial charge is 0.223 e. The number of hydrogen-bond donors (Lipinski definition) is 1. The molecule has 0 saturated heterocycles. The van der Waals surface area contributed by atoms with Gasteiger partial charge in [-0.15, -0.1) is 10.2 Å². The van der Waals surface area contributed by atoms with Crippen molar-refractivity contribution in [2.45, 2.75) is 38.1 Å². The van der Waals surface area contributed by atoms with Crippen molar-refractivity contribution in [3.63, 3.8) is 0 Å². The van der Waals surface area contributed by atoms with E-state index in [2.05, 4.69) is 62.5 Å². The second-order valence-electron chi connectivity index (χ2n) is 7.38. The lowest BCUT2D eigenvalue weighted by atomic mass is 10.0. The summed E-state index contributed by atoms with van der Waals surface area (Å²) in [5, 5.41) is 14.1. The summed E-state index contributed by atoms with van der Waals surface area (Å²) in [5.74, 6) is 2.73. The molecule has 3 aromatic rings. The van der Waals surface area contributed by atoms with Crippen LogP contribution in [-0.4, -0.2) is 27.2 Å². The van der Waals surface area contributed by atoms with Crippen LogP contribution in [0.5, 0.6) is 0 Å². The van der Waals surface area contributed by atoms with E-state index in [9.17, 15) is 4.79 Å². The van der Waals surface area contributed by atoms with Crippen LogP contribution in [0.1, 0.15) is 36.0 Å². The molecule has 0 bridgehead atoms. The Kier molecular flexibility index (Phi) is 3.73. The van der Waals surface area contributed by atoms with Crippen molar-refractivity contribution in [3.8, 4) is 0 Å². The van der Waals surface area contributed by atoms with E-state index in [-0.39, 0.29) is 11.8 Å². The molecule has 0 radical (unpaired) electrons. The van der Waals surface area contributed by atoms with Crippen LogP contribution < -0.4 is 5.32 Å². The minimum atomic E-state index is 0.111. The van der Waals surface area contributed by atoms with Gasteiger partial charge in [0.15, 0.2) is 0 Å². The molecule has 5 heteroatoms. The zero-order chi connectivity index (χ0) is 17.5. The van der Waals surface area contributed by atoms with Gasteiger partial charge in [-0.05, 0) is 35.1 Å². The van der Waals surface area contributed by atoms with E-state index in [0.29, 0.717) is 12.5 Å². The number of amides is 1. The van der Waals surface area contributed by atoms with Crippen LogP contribution in [0.2, 0.25) is 0 Å². The predicted molar refractivity (Wildman–Crippen MR) is 99.9 cm³/mol. The maximum Gasteiger partial charge on any atom is 0.223 e. The van der Waals surface area contributed by atoms with Crippen molar-refractivity contribution >= 4 is 16.7 Å². The Labute approximate surface area is 152 Å². The lowest BCUT2D eigenvalue weighted by Crippen LogP contribution is -2.28. The molecule has 2 heterocycles. The van der Waals surface area contributed by atoms with E-state index in [4.69, 9.17) is 0 Å². The van der Waals surface area contributed by atoms with Gasteiger partial charge < -0.3 is 9.88 Å². The summed E-state index contributed by atoms with van der Waals surface area (Å²) >= 11 is 0. The third-order valence-corrected chi connectivity index (χ3v) is 5.66. The van der Waals surface area contributed by atoms with Crippen LogP contribution in [0.4, 0.5) is 0 Å². The first-order chi connectivity index (χ1) is 12.8. The van der Waals surface area contributed by atoms with Crippen LogP contribution in [0, 0.1) is 5.92 Å². The normalized spacial score (nSPS) is 20.9. The number of hydrogen-bond acceptors (Lipinski definition) is 3. The Morgan fingerprint density at radius 3 is 2.96 bits per heavy atom. The van der Waals surface area contributed by atoms with Gasteiger partial charge in [0.1, 0.15) is 11.6 Å². The molecule has 2 aromatic carbocycles. The molecule has 1 aliphatic carbocycles. The first-order valence-corrected chi connectivity index (χ1v) is 9.47. The molecule has 1 N–H and O–H groups in total. The highest BCUT2D eigenvalue weighted by Gasteiger charge is 2.43. The Morgan fingerprint density at radius 1 is 1.15 bits per heavy atom. The molecule has 26 heavy (non-hydrogen) atoms. The third kappa shape index (κ3) is 2.77. The van der Waals surface area contributed by atoms with E-state index < -0.39 is 0 Å². The molecule has 5 nitrogen and oxygen atoms in total. The molecule has 2 unspecified atom stereocenters. The lowest BCUT2D eigenvalue weighted by molar-refractivity contribution is -0.122. The number of nitrogens with one attached hydrogen (secondary N) is 1. The van der Waals surface area contributed by atoms with Crippen LogP contribution >= 0.6 is 0 Å². The summed E-state index contributed by atoms with van der Waals surface area (Å²) in [5.41, 5.74) is 1.28. The monoisotopic (exact) mass is 346 g/mol. The number of aryl methyl sites for hydroxylation is 1. The minimum Gasteiger partial charge on any atom is -0.355 e. The number of carbonyl (C=O) groups is 1. The molecule has 1 fully saturated rings. The first-order valence-electron chi connectivity index (χ1n) is 9.47. The topological polar surface area (TPSA) is 59.8 Å². The van der Waals surface area contributed by atoms with Crippen LogP contribution in [0.25, 0.3) is 10.8 Å². The van der Waals surface area contributed by atoms with Crippen molar-refractivity contribution in [1.82, 2.24) is 20.1 Å². The highest BCUT2D eigenvalue weighted by atomic mass is 16.2. The molecule has 1 amide bonds. The maximum absolute atomic E-state index is 12.5. The largest absolute Gasteiger partial charge is 0.355 e. The number of nitrogens with zero attached hydrogens (tertiary/aromatic N) is 3. The Bertz CT molecular complexity index is 977. The lowest BCUT2D eigenvalue weighted by Gasteiger charge is -2.06. The molecule has 2 atom stereocenters. The van der Waals surface area contributed by atoms with Gasteiger partial charge in [-0.3, -0.25) is 4.79 Å². The summed E-state index contributed by atoms with van der Waals surface area (Å²) in [6.45, 7) is 1.65. The Hall–Kier alpha value is -2.69. The maximum atomic E-state index is 12.5. The quantitative estimate of drug-likeness (QED) is 0.773. The van der Waals surface area contributed by atoms with Gasteiger partial charge in [0.2, 0.25) is 5.91 Å². The summed E-state index contributed by atoms with van der Waals surface area (Å²) < 4.78 is 2.20. The SMILES string of the molecule is O=C(NCCc1nnc2n1CCC2)C1CC1c1ccc2ccccc2c1. The zero-order valence-electron chi connectivity index (χ0n) is 14.7. The average molecular weight is 346 g/mol. The van der Waals surface area contributed by atoms with Gasteiger partial charge >= 0.3 is 0 Å². The molecule has 2 aliphatic rings. The predicted octanol–water partition coefficient (Wildman–Crippen LogP) is 2.84.